The van der Waals surface area contributed by atoms with Gasteiger partial charge in [0.1, 0.15) is 16.9 Å². The van der Waals surface area contributed by atoms with Gasteiger partial charge in [-0.1, -0.05) is 0 Å². The molecule has 0 amide bonds. The van der Waals surface area contributed by atoms with E-state index in [1.54, 1.807) is 0 Å². The van der Waals surface area contributed by atoms with Crippen LogP contribution in [0.2, 0.25) is 0 Å². The molecule has 1 aromatic carbocycles. The van der Waals surface area contributed by atoms with Gasteiger partial charge >= 0.3 is 5.00 Å². The number of nitrogens with one attached hydrogen (secondary N) is 1. The molecule has 1 aromatic heterocycles. The Morgan fingerprint density at radius 1 is 1.45 bits per heavy atom. The van der Waals surface area contributed by atoms with Crippen molar-refractivity contribution in [3.05, 3.63) is 44.8 Å². The third-order valence-corrected chi connectivity index (χ3v) is 5.39. The Hall–Kier alpha value is -1.59. The molecule has 7 nitrogen and oxygen atoms in total. The predicted octanol–water partition coefficient (Wildman–Crippen LogP) is 2.75. The third kappa shape index (κ3) is 3.11. The van der Waals surface area contributed by atoms with Gasteiger partial charge < -0.3 is 0 Å². The minimum atomic E-state index is -4.01. The van der Waals surface area contributed by atoms with E-state index in [1.165, 1.54) is 0 Å². The first kappa shape index (κ1) is 14.8. The molecule has 0 aliphatic heterocycles. The molecule has 1 heterocycles. The number of hydrogen-bond donors (Lipinski definition) is 1. The van der Waals surface area contributed by atoms with Crippen molar-refractivity contribution in [2.24, 2.45) is 0 Å². The molecule has 20 heavy (non-hydrogen) atoms. The monoisotopic (exact) mass is 381 g/mol. The lowest BCUT2D eigenvalue weighted by molar-refractivity contribution is -0.380. The summed E-state index contributed by atoms with van der Waals surface area (Å²) in [5.41, 5.74) is 0. The number of sulfonamides is 1. The third-order valence-electron chi connectivity index (χ3n) is 2.08. The van der Waals surface area contributed by atoms with Crippen LogP contribution in [0.15, 0.2) is 33.8 Å². The number of anilines is 1. The Morgan fingerprint density at radius 2 is 2.15 bits per heavy atom. The predicted molar refractivity (Wildman–Crippen MR) is 73.7 cm³/mol. The lowest BCUT2D eigenvalue weighted by Crippen LogP contribution is -2.13. The summed E-state index contributed by atoms with van der Waals surface area (Å²) >= 11 is 3.52. The molecule has 0 saturated carbocycles. The summed E-state index contributed by atoms with van der Waals surface area (Å²) in [6, 6.07) is 3.06. The molecule has 1 N–H and O–H groups in total. The van der Waals surface area contributed by atoms with Crippen LogP contribution in [0.3, 0.4) is 0 Å². The molecule has 11 heteroatoms. The molecule has 0 unspecified atom stereocenters. The lowest BCUT2D eigenvalue weighted by atomic mass is 10.3. The second-order valence-corrected chi connectivity index (χ2v) is 6.96. The van der Waals surface area contributed by atoms with Crippen LogP contribution >= 0.6 is 27.3 Å². The van der Waals surface area contributed by atoms with E-state index in [9.17, 15) is 22.9 Å². The zero-order valence-corrected chi connectivity index (χ0v) is 12.6. The van der Waals surface area contributed by atoms with E-state index in [-0.39, 0.29) is 19.5 Å². The van der Waals surface area contributed by atoms with E-state index in [0.717, 1.165) is 24.4 Å². The number of hydrogen-bond acceptors (Lipinski definition) is 6. The van der Waals surface area contributed by atoms with E-state index >= 15 is 0 Å². The number of rotatable bonds is 4. The summed E-state index contributed by atoms with van der Waals surface area (Å²) in [4.78, 5) is 13.2. The van der Waals surface area contributed by atoms with E-state index < -0.39 is 20.8 Å². The van der Waals surface area contributed by atoms with Crippen molar-refractivity contribution >= 4 is 47.4 Å². The van der Waals surface area contributed by atoms with E-state index in [4.69, 9.17) is 0 Å². The maximum absolute atomic E-state index is 12.9. The summed E-state index contributed by atoms with van der Waals surface area (Å²) in [6.07, 6.45) is 0.947. The SMILES string of the molecule is O=[N+]([O-])c1cnc(NS(=O)(=O)c2ccc(F)cc2Br)s1. The molecule has 0 spiro atoms. The number of halogens is 2. The van der Waals surface area contributed by atoms with Gasteiger partial charge in [-0.25, -0.2) is 17.8 Å². The van der Waals surface area contributed by atoms with Crippen LogP contribution in [0.25, 0.3) is 0 Å². The van der Waals surface area contributed by atoms with Crippen LogP contribution in [0.1, 0.15) is 0 Å². The zero-order valence-electron chi connectivity index (χ0n) is 9.41. The van der Waals surface area contributed by atoms with Crippen molar-refractivity contribution in [3.63, 3.8) is 0 Å². The normalized spacial score (nSPS) is 11.3. The largest absolute Gasteiger partial charge is 0.345 e. The smallest absolute Gasteiger partial charge is 0.257 e. The quantitative estimate of drug-likeness (QED) is 0.647. The average Bonchev–Trinajstić information content (AvgIpc) is 2.76. The van der Waals surface area contributed by atoms with Gasteiger partial charge in [-0.15, -0.1) is 0 Å². The van der Waals surface area contributed by atoms with Crippen molar-refractivity contribution in [2.75, 3.05) is 4.72 Å². The molecule has 2 aromatic rings. The van der Waals surface area contributed by atoms with Crippen LogP contribution in [0.4, 0.5) is 14.5 Å². The van der Waals surface area contributed by atoms with Gasteiger partial charge in [-0.3, -0.25) is 14.8 Å². The van der Waals surface area contributed by atoms with E-state index in [2.05, 4.69) is 25.6 Å². The van der Waals surface area contributed by atoms with Crippen LogP contribution in [-0.4, -0.2) is 18.3 Å². The van der Waals surface area contributed by atoms with Gasteiger partial charge in [0, 0.05) is 4.47 Å². The highest BCUT2D eigenvalue weighted by atomic mass is 79.9. The fourth-order valence-electron chi connectivity index (χ4n) is 1.26. The van der Waals surface area contributed by atoms with Crippen molar-refractivity contribution in [2.45, 2.75) is 4.90 Å². The zero-order chi connectivity index (χ0) is 14.9. The molecule has 2 rings (SSSR count). The fraction of sp³-hybridized carbons (Fsp3) is 0. The standard InChI is InChI=1S/C9H5BrFN3O4S2/c10-6-3-5(11)1-2-7(6)20(17,18)13-9-12-4-8(19-9)14(15)16/h1-4H,(H,12,13). The lowest BCUT2D eigenvalue weighted by Gasteiger charge is -2.06. The summed E-state index contributed by atoms with van der Waals surface area (Å²) in [7, 11) is -4.01. The highest BCUT2D eigenvalue weighted by molar-refractivity contribution is 9.10. The summed E-state index contributed by atoms with van der Waals surface area (Å²) in [5.74, 6) is -0.597. The van der Waals surface area contributed by atoms with Gasteiger partial charge in [0.2, 0.25) is 5.13 Å². The van der Waals surface area contributed by atoms with E-state index in [1.807, 2.05) is 0 Å². The first-order valence-electron chi connectivity index (χ1n) is 4.88. The topological polar surface area (TPSA) is 102 Å². The summed E-state index contributed by atoms with van der Waals surface area (Å²) < 4.78 is 39.1. The Kier molecular flexibility index (Phi) is 4.01. The van der Waals surface area contributed by atoms with Gasteiger partial charge in [0.25, 0.3) is 10.0 Å². The van der Waals surface area contributed by atoms with Gasteiger partial charge in [-0.05, 0) is 45.5 Å². The highest BCUT2D eigenvalue weighted by Crippen LogP contribution is 2.29. The van der Waals surface area contributed by atoms with Crippen molar-refractivity contribution < 1.29 is 17.7 Å². The molecule has 106 valence electrons. The van der Waals surface area contributed by atoms with E-state index in [0.29, 0.717) is 11.3 Å². The Balaban J connectivity index is 2.33. The van der Waals surface area contributed by atoms with Crippen LogP contribution < -0.4 is 4.72 Å². The Bertz CT molecular complexity index is 777. The fourth-order valence-corrected chi connectivity index (χ4v) is 4.19. The second kappa shape index (κ2) is 5.42. The maximum Gasteiger partial charge on any atom is 0.345 e. The molecule has 0 bridgehead atoms. The molecule has 0 atom stereocenters. The summed E-state index contributed by atoms with van der Waals surface area (Å²) in [6.45, 7) is 0. The maximum atomic E-state index is 12.9. The molecule has 0 saturated heterocycles. The number of aromatic nitrogens is 1. The second-order valence-electron chi connectivity index (χ2n) is 3.44. The number of benzene rings is 1. The first-order valence-corrected chi connectivity index (χ1v) is 7.97. The van der Waals surface area contributed by atoms with Crippen LogP contribution in [0.5, 0.6) is 0 Å². The van der Waals surface area contributed by atoms with Gasteiger partial charge in [0.15, 0.2) is 0 Å². The van der Waals surface area contributed by atoms with Crippen LogP contribution in [-0.2, 0) is 10.0 Å². The molecule has 0 aliphatic carbocycles. The molecular formula is C9H5BrFN3O4S2. The highest BCUT2D eigenvalue weighted by Gasteiger charge is 2.21. The number of nitrogens with zero attached hydrogens (tertiary/aromatic N) is 2. The van der Waals surface area contributed by atoms with Crippen LogP contribution in [0, 0.1) is 15.9 Å². The molecular weight excluding hydrogens is 377 g/mol. The number of thiazole rings is 1. The molecule has 0 fully saturated rings. The van der Waals surface area contributed by atoms with Gasteiger partial charge in [0.05, 0.1) is 4.92 Å². The van der Waals surface area contributed by atoms with Gasteiger partial charge in [-0.2, -0.15) is 0 Å². The van der Waals surface area contributed by atoms with Crippen molar-refractivity contribution in [1.29, 1.82) is 0 Å². The minimum Gasteiger partial charge on any atom is -0.257 e. The number of nitro groups is 1. The minimum absolute atomic E-state index is 0.0380. The molecule has 0 aliphatic rings. The average molecular weight is 382 g/mol. The van der Waals surface area contributed by atoms with Crippen molar-refractivity contribution in [1.82, 2.24) is 4.98 Å². The Labute approximate surface area is 124 Å². The summed E-state index contributed by atoms with van der Waals surface area (Å²) in [5, 5.41) is 10.1. The Morgan fingerprint density at radius 3 is 2.70 bits per heavy atom. The molecule has 0 radical (unpaired) electrons. The van der Waals surface area contributed by atoms with Crippen molar-refractivity contribution in [3.8, 4) is 0 Å². The first-order chi connectivity index (χ1) is 9.29.